The first-order valence-electron chi connectivity index (χ1n) is 9.79. The molecule has 8 heteroatoms. The van der Waals surface area contributed by atoms with Crippen LogP contribution in [-0.4, -0.2) is 59.3 Å². The van der Waals surface area contributed by atoms with Gasteiger partial charge in [0.2, 0.25) is 5.91 Å². The first kappa shape index (κ1) is 19.6. The molecule has 2 aromatic carbocycles. The molecule has 30 heavy (non-hydrogen) atoms. The van der Waals surface area contributed by atoms with Gasteiger partial charge in [-0.2, -0.15) is 0 Å². The fourth-order valence-electron chi connectivity index (χ4n) is 3.68. The van der Waals surface area contributed by atoms with E-state index in [0.29, 0.717) is 42.8 Å². The van der Waals surface area contributed by atoms with Gasteiger partial charge >= 0.3 is 6.09 Å². The molecule has 2 aliphatic heterocycles. The summed E-state index contributed by atoms with van der Waals surface area (Å²) in [5.41, 5.74) is 0.658. The van der Waals surface area contributed by atoms with E-state index in [1.54, 1.807) is 53.4 Å². The van der Waals surface area contributed by atoms with Crippen molar-refractivity contribution in [1.82, 2.24) is 15.1 Å². The van der Waals surface area contributed by atoms with E-state index in [-0.39, 0.29) is 18.5 Å². The number of rotatable bonds is 4. The number of hydrogen-bond acceptors (Lipinski definition) is 5. The molecule has 0 unspecified atom stereocenters. The first-order chi connectivity index (χ1) is 14.5. The minimum absolute atomic E-state index is 0.107. The normalized spacial score (nSPS) is 16.4. The Kier molecular flexibility index (Phi) is 5.47. The number of para-hydroxylation sites is 1. The van der Waals surface area contributed by atoms with Crippen LogP contribution in [0.4, 0.5) is 4.79 Å². The third kappa shape index (κ3) is 4.03. The lowest BCUT2D eigenvalue weighted by molar-refractivity contribution is -0.132. The van der Waals surface area contributed by atoms with Crippen LogP contribution >= 0.6 is 0 Å². The van der Waals surface area contributed by atoms with Crippen LogP contribution in [0.25, 0.3) is 0 Å². The maximum Gasteiger partial charge on any atom is 0.412 e. The highest BCUT2D eigenvalue weighted by molar-refractivity contribution is 6.22. The Balaban J connectivity index is 1.26. The number of fused-ring (bicyclic) bond motifs is 1. The van der Waals surface area contributed by atoms with E-state index in [9.17, 15) is 19.2 Å². The fourth-order valence-corrected chi connectivity index (χ4v) is 3.68. The summed E-state index contributed by atoms with van der Waals surface area (Å²) in [7, 11) is 0. The molecule has 154 valence electrons. The average Bonchev–Trinajstić information content (AvgIpc) is 3.00. The van der Waals surface area contributed by atoms with Crippen molar-refractivity contribution < 1.29 is 23.9 Å². The number of nitrogens with one attached hydrogen (secondary N) is 1. The molecule has 2 aromatic rings. The number of benzene rings is 2. The van der Waals surface area contributed by atoms with Gasteiger partial charge in [-0.25, -0.2) is 4.79 Å². The molecule has 0 bridgehead atoms. The van der Waals surface area contributed by atoms with Crippen LogP contribution in [0.5, 0.6) is 5.75 Å². The standard InChI is InChI=1S/C22H21N3O5/c26-19(14-25-20(27)17-8-4-5-9-18(17)21(25)28)24-12-10-15(11-13-24)23-22(29)30-16-6-2-1-3-7-16/h1-9,15H,10-14H2,(H,23,29). The molecule has 0 aromatic heterocycles. The van der Waals surface area contributed by atoms with Gasteiger partial charge in [-0.05, 0) is 37.1 Å². The predicted octanol–water partition coefficient (Wildman–Crippen LogP) is 2.06. The number of hydrogen-bond donors (Lipinski definition) is 1. The van der Waals surface area contributed by atoms with Gasteiger partial charge in [-0.1, -0.05) is 30.3 Å². The molecular weight excluding hydrogens is 386 g/mol. The van der Waals surface area contributed by atoms with Crippen LogP contribution < -0.4 is 10.1 Å². The molecule has 4 rings (SSSR count). The van der Waals surface area contributed by atoms with Gasteiger partial charge in [0.25, 0.3) is 11.8 Å². The second-order valence-electron chi connectivity index (χ2n) is 7.24. The quantitative estimate of drug-likeness (QED) is 0.783. The van der Waals surface area contributed by atoms with E-state index >= 15 is 0 Å². The van der Waals surface area contributed by atoms with E-state index in [1.807, 2.05) is 6.07 Å². The van der Waals surface area contributed by atoms with Gasteiger partial charge in [0.15, 0.2) is 0 Å². The molecule has 0 spiro atoms. The number of nitrogens with zero attached hydrogens (tertiary/aromatic N) is 2. The molecule has 1 fully saturated rings. The lowest BCUT2D eigenvalue weighted by Gasteiger charge is -2.32. The Morgan fingerprint density at radius 1 is 0.900 bits per heavy atom. The molecule has 0 saturated carbocycles. The summed E-state index contributed by atoms with van der Waals surface area (Å²) in [5, 5.41) is 2.81. The van der Waals surface area contributed by atoms with E-state index < -0.39 is 17.9 Å². The fraction of sp³-hybridized carbons (Fsp3) is 0.273. The zero-order valence-corrected chi connectivity index (χ0v) is 16.2. The largest absolute Gasteiger partial charge is 0.412 e. The van der Waals surface area contributed by atoms with E-state index in [2.05, 4.69) is 5.32 Å². The summed E-state index contributed by atoms with van der Waals surface area (Å²) in [4.78, 5) is 52.1. The van der Waals surface area contributed by atoms with Gasteiger partial charge < -0.3 is 15.0 Å². The third-order valence-electron chi connectivity index (χ3n) is 5.29. The van der Waals surface area contributed by atoms with Crippen molar-refractivity contribution in [3.05, 3.63) is 65.7 Å². The maximum absolute atomic E-state index is 12.6. The highest BCUT2D eigenvalue weighted by atomic mass is 16.6. The van der Waals surface area contributed by atoms with Gasteiger partial charge in [-0.3, -0.25) is 19.3 Å². The van der Waals surface area contributed by atoms with Crippen LogP contribution in [0, 0.1) is 0 Å². The van der Waals surface area contributed by atoms with Crippen molar-refractivity contribution in [1.29, 1.82) is 0 Å². The average molecular weight is 407 g/mol. The predicted molar refractivity (Wildman–Crippen MR) is 107 cm³/mol. The molecular formula is C22H21N3O5. The Morgan fingerprint density at radius 3 is 2.07 bits per heavy atom. The first-order valence-corrected chi connectivity index (χ1v) is 9.79. The molecule has 0 radical (unpaired) electrons. The van der Waals surface area contributed by atoms with Crippen molar-refractivity contribution in [3.8, 4) is 5.75 Å². The van der Waals surface area contributed by atoms with Gasteiger partial charge in [0.1, 0.15) is 12.3 Å². The highest BCUT2D eigenvalue weighted by Crippen LogP contribution is 2.22. The number of imide groups is 1. The van der Waals surface area contributed by atoms with Crippen LogP contribution in [0.3, 0.4) is 0 Å². The summed E-state index contributed by atoms with van der Waals surface area (Å²) in [5.74, 6) is -0.702. The van der Waals surface area contributed by atoms with Crippen molar-refractivity contribution in [2.45, 2.75) is 18.9 Å². The maximum atomic E-state index is 12.6. The number of carbonyl (C=O) groups excluding carboxylic acids is 4. The zero-order valence-electron chi connectivity index (χ0n) is 16.2. The minimum Gasteiger partial charge on any atom is -0.410 e. The Morgan fingerprint density at radius 2 is 1.47 bits per heavy atom. The molecule has 4 amide bonds. The molecule has 1 saturated heterocycles. The van der Waals surface area contributed by atoms with E-state index in [0.717, 1.165) is 4.90 Å². The van der Waals surface area contributed by atoms with Crippen molar-refractivity contribution in [3.63, 3.8) is 0 Å². The topological polar surface area (TPSA) is 96.0 Å². The number of piperidine rings is 1. The van der Waals surface area contributed by atoms with Crippen molar-refractivity contribution in [2.24, 2.45) is 0 Å². The molecule has 0 atom stereocenters. The number of ether oxygens (including phenoxy) is 1. The van der Waals surface area contributed by atoms with Gasteiger partial charge in [0.05, 0.1) is 11.1 Å². The van der Waals surface area contributed by atoms with Gasteiger partial charge in [0, 0.05) is 19.1 Å². The second-order valence-corrected chi connectivity index (χ2v) is 7.24. The smallest absolute Gasteiger partial charge is 0.410 e. The summed E-state index contributed by atoms with van der Waals surface area (Å²) in [6.07, 6.45) is 0.604. The Hall–Kier alpha value is -3.68. The summed E-state index contributed by atoms with van der Waals surface area (Å²) in [6, 6.07) is 15.2. The summed E-state index contributed by atoms with van der Waals surface area (Å²) < 4.78 is 5.22. The van der Waals surface area contributed by atoms with Crippen LogP contribution in [0.2, 0.25) is 0 Å². The van der Waals surface area contributed by atoms with Crippen LogP contribution in [0.1, 0.15) is 33.6 Å². The van der Waals surface area contributed by atoms with E-state index in [4.69, 9.17) is 4.74 Å². The molecule has 2 aliphatic rings. The molecule has 1 N–H and O–H groups in total. The lowest BCUT2D eigenvalue weighted by Crippen LogP contribution is -2.50. The van der Waals surface area contributed by atoms with Crippen LogP contribution in [0.15, 0.2) is 54.6 Å². The third-order valence-corrected chi connectivity index (χ3v) is 5.29. The monoisotopic (exact) mass is 407 g/mol. The van der Waals surface area contributed by atoms with Crippen LogP contribution in [-0.2, 0) is 4.79 Å². The van der Waals surface area contributed by atoms with E-state index in [1.165, 1.54) is 0 Å². The van der Waals surface area contributed by atoms with Crippen molar-refractivity contribution >= 4 is 23.8 Å². The zero-order chi connectivity index (χ0) is 21.1. The highest BCUT2D eigenvalue weighted by Gasteiger charge is 2.37. The second kappa shape index (κ2) is 8.36. The summed E-state index contributed by atoms with van der Waals surface area (Å²) >= 11 is 0. The number of carbonyl (C=O) groups is 4. The molecule has 8 nitrogen and oxygen atoms in total. The number of likely N-dealkylation sites (tertiary alicyclic amines) is 1. The van der Waals surface area contributed by atoms with Gasteiger partial charge in [-0.15, -0.1) is 0 Å². The Bertz CT molecular complexity index is 948. The number of amides is 4. The minimum atomic E-state index is -0.531. The molecule has 2 heterocycles. The SMILES string of the molecule is O=C(NC1CCN(C(=O)CN2C(=O)c3ccccc3C2=O)CC1)Oc1ccccc1. The lowest BCUT2D eigenvalue weighted by atomic mass is 10.1. The van der Waals surface area contributed by atoms with Crippen molar-refractivity contribution in [2.75, 3.05) is 19.6 Å². The molecule has 0 aliphatic carbocycles. The summed E-state index contributed by atoms with van der Waals surface area (Å²) in [6.45, 7) is 0.580. The Labute approximate surface area is 173 Å².